The molecule has 1 amide bonds. The molecule has 0 radical (unpaired) electrons. The van der Waals surface area contributed by atoms with Gasteiger partial charge in [0, 0.05) is 30.2 Å². The molecular weight excluding hydrogens is 313 g/mol. The molecule has 1 N–H and O–H groups in total. The molecule has 0 aliphatic heterocycles. The Kier molecular flexibility index (Phi) is 8.47. The number of benzene rings is 1. The quantitative estimate of drug-likeness (QED) is 0.542. The van der Waals surface area contributed by atoms with Crippen LogP contribution in [0.1, 0.15) is 44.9 Å². The molecule has 0 bridgehead atoms. The van der Waals surface area contributed by atoms with Gasteiger partial charge >= 0.3 is 0 Å². The third kappa shape index (κ3) is 7.36. The molecule has 1 aliphatic rings. The standard InChI is InChI=1S/C18H26FNO2S/c19-16-9-4-5-10-17(16)23-14-11-18(21)20-12-6-13-22-15-7-2-1-3-8-15/h4-5,9-10,15H,1-3,6-8,11-14H2,(H,20,21). The fraction of sp³-hybridized carbons (Fsp3) is 0.611. The van der Waals surface area contributed by atoms with Crippen LogP contribution in [0.25, 0.3) is 0 Å². The van der Waals surface area contributed by atoms with Crippen LogP contribution in [-0.4, -0.2) is 30.9 Å². The van der Waals surface area contributed by atoms with E-state index in [0.29, 0.717) is 29.7 Å². The van der Waals surface area contributed by atoms with Crippen molar-refractivity contribution < 1.29 is 13.9 Å². The van der Waals surface area contributed by atoms with Crippen molar-refractivity contribution >= 4 is 17.7 Å². The van der Waals surface area contributed by atoms with Crippen LogP contribution in [0.4, 0.5) is 4.39 Å². The molecule has 3 nitrogen and oxygen atoms in total. The Morgan fingerprint density at radius 2 is 2.04 bits per heavy atom. The van der Waals surface area contributed by atoms with Crippen LogP contribution in [0.3, 0.4) is 0 Å². The predicted molar refractivity (Wildman–Crippen MR) is 92.2 cm³/mol. The highest BCUT2D eigenvalue weighted by molar-refractivity contribution is 7.99. The van der Waals surface area contributed by atoms with Crippen molar-refractivity contribution in [2.24, 2.45) is 0 Å². The second-order valence-electron chi connectivity index (χ2n) is 5.86. The molecule has 0 unspecified atom stereocenters. The van der Waals surface area contributed by atoms with Crippen molar-refractivity contribution in [2.45, 2.75) is 55.9 Å². The minimum absolute atomic E-state index is 0.0199. The van der Waals surface area contributed by atoms with Gasteiger partial charge in [-0.2, -0.15) is 0 Å². The van der Waals surface area contributed by atoms with E-state index in [0.717, 1.165) is 13.0 Å². The predicted octanol–water partition coefficient (Wildman–Crippen LogP) is 4.16. The molecule has 1 saturated carbocycles. The number of carbonyl (C=O) groups is 1. The van der Waals surface area contributed by atoms with Crippen LogP contribution in [0.5, 0.6) is 0 Å². The lowest BCUT2D eigenvalue weighted by Crippen LogP contribution is -2.26. The van der Waals surface area contributed by atoms with E-state index in [1.165, 1.54) is 49.9 Å². The lowest BCUT2D eigenvalue weighted by molar-refractivity contribution is -0.120. The number of halogens is 1. The summed E-state index contributed by atoms with van der Waals surface area (Å²) in [5, 5.41) is 2.90. The van der Waals surface area contributed by atoms with Gasteiger partial charge in [-0.1, -0.05) is 31.4 Å². The van der Waals surface area contributed by atoms with Crippen molar-refractivity contribution in [1.29, 1.82) is 0 Å². The monoisotopic (exact) mass is 339 g/mol. The largest absolute Gasteiger partial charge is 0.378 e. The Morgan fingerprint density at radius 1 is 1.26 bits per heavy atom. The van der Waals surface area contributed by atoms with Gasteiger partial charge in [0.15, 0.2) is 0 Å². The number of carbonyl (C=O) groups excluding carboxylic acids is 1. The Morgan fingerprint density at radius 3 is 2.83 bits per heavy atom. The fourth-order valence-corrected chi connectivity index (χ4v) is 3.57. The molecule has 0 aromatic heterocycles. The second-order valence-corrected chi connectivity index (χ2v) is 7.00. The first-order valence-corrected chi connectivity index (χ1v) is 9.50. The minimum atomic E-state index is -0.224. The summed E-state index contributed by atoms with van der Waals surface area (Å²) in [6, 6.07) is 6.65. The van der Waals surface area contributed by atoms with E-state index in [2.05, 4.69) is 5.32 Å². The minimum Gasteiger partial charge on any atom is -0.378 e. The van der Waals surface area contributed by atoms with E-state index in [9.17, 15) is 9.18 Å². The number of ether oxygens (including phenoxy) is 1. The molecule has 128 valence electrons. The highest BCUT2D eigenvalue weighted by Crippen LogP contribution is 2.22. The summed E-state index contributed by atoms with van der Waals surface area (Å²) in [5.41, 5.74) is 0. The first kappa shape index (κ1) is 18.3. The van der Waals surface area contributed by atoms with Gasteiger partial charge in [-0.25, -0.2) is 4.39 Å². The summed E-state index contributed by atoms with van der Waals surface area (Å²) in [6.45, 7) is 1.37. The van der Waals surface area contributed by atoms with Crippen molar-refractivity contribution in [3.8, 4) is 0 Å². The molecule has 0 heterocycles. The third-order valence-corrected chi connectivity index (χ3v) is 5.02. The van der Waals surface area contributed by atoms with Gasteiger partial charge in [0.25, 0.3) is 0 Å². The zero-order valence-corrected chi connectivity index (χ0v) is 14.4. The number of nitrogens with one attached hydrogen (secondary N) is 1. The highest BCUT2D eigenvalue weighted by atomic mass is 32.2. The summed E-state index contributed by atoms with van der Waals surface area (Å²) < 4.78 is 19.2. The first-order valence-electron chi connectivity index (χ1n) is 8.51. The lowest BCUT2D eigenvalue weighted by Gasteiger charge is -2.21. The van der Waals surface area contributed by atoms with Crippen LogP contribution in [0.2, 0.25) is 0 Å². The van der Waals surface area contributed by atoms with E-state index in [1.807, 2.05) is 0 Å². The topological polar surface area (TPSA) is 38.3 Å². The van der Waals surface area contributed by atoms with Crippen LogP contribution in [-0.2, 0) is 9.53 Å². The van der Waals surface area contributed by atoms with Gasteiger partial charge in [-0.05, 0) is 31.4 Å². The van der Waals surface area contributed by atoms with Gasteiger partial charge < -0.3 is 10.1 Å². The van der Waals surface area contributed by atoms with E-state index >= 15 is 0 Å². The Labute approximate surface area is 142 Å². The maximum atomic E-state index is 13.4. The molecule has 1 aromatic carbocycles. The summed E-state index contributed by atoms with van der Waals surface area (Å²) in [4.78, 5) is 12.3. The van der Waals surface area contributed by atoms with Crippen LogP contribution < -0.4 is 5.32 Å². The van der Waals surface area contributed by atoms with E-state index < -0.39 is 0 Å². The second kappa shape index (κ2) is 10.7. The third-order valence-electron chi connectivity index (χ3n) is 3.97. The van der Waals surface area contributed by atoms with Crippen molar-refractivity contribution in [3.05, 3.63) is 30.1 Å². The molecule has 0 atom stereocenters. The highest BCUT2D eigenvalue weighted by Gasteiger charge is 2.13. The smallest absolute Gasteiger partial charge is 0.220 e. The Bertz CT molecular complexity index is 478. The zero-order chi connectivity index (χ0) is 16.3. The molecule has 1 fully saturated rings. The van der Waals surface area contributed by atoms with Crippen molar-refractivity contribution in [1.82, 2.24) is 5.32 Å². The van der Waals surface area contributed by atoms with Gasteiger partial charge in [-0.15, -0.1) is 11.8 Å². The summed E-state index contributed by atoms with van der Waals surface area (Å²) in [6.07, 6.45) is 7.93. The number of thioether (sulfide) groups is 1. The van der Waals surface area contributed by atoms with Crippen LogP contribution >= 0.6 is 11.8 Å². The van der Waals surface area contributed by atoms with Crippen molar-refractivity contribution in [2.75, 3.05) is 18.9 Å². The maximum Gasteiger partial charge on any atom is 0.220 e. The van der Waals surface area contributed by atoms with E-state index in [1.54, 1.807) is 18.2 Å². The molecule has 1 aromatic rings. The summed E-state index contributed by atoms with van der Waals surface area (Å²) in [7, 11) is 0. The molecule has 23 heavy (non-hydrogen) atoms. The SMILES string of the molecule is O=C(CCSc1ccccc1F)NCCCOC1CCCCC1. The molecule has 1 aliphatic carbocycles. The van der Waals surface area contributed by atoms with Crippen LogP contribution in [0, 0.1) is 5.82 Å². The van der Waals surface area contributed by atoms with Crippen LogP contribution in [0.15, 0.2) is 29.2 Å². The Hall–Kier alpha value is -1.07. The first-order chi connectivity index (χ1) is 11.3. The zero-order valence-electron chi connectivity index (χ0n) is 13.6. The Balaban J connectivity index is 1.47. The van der Waals surface area contributed by atoms with Crippen molar-refractivity contribution in [3.63, 3.8) is 0 Å². The summed E-state index contributed by atoms with van der Waals surface area (Å²) >= 11 is 1.38. The van der Waals surface area contributed by atoms with Gasteiger partial charge in [0.2, 0.25) is 5.91 Å². The average Bonchev–Trinajstić information content (AvgIpc) is 2.57. The van der Waals surface area contributed by atoms with Gasteiger partial charge in [0.05, 0.1) is 6.10 Å². The normalized spacial score (nSPS) is 15.5. The van der Waals surface area contributed by atoms with E-state index in [4.69, 9.17) is 4.74 Å². The maximum absolute atomic E-state index is 13.4. The van der Waals surface area contributed by atoms with E-state index in [-0.39, 0.29) is 11.7 Å². The van der Waals surface area contributed by atoms with Gasteiger partial charge in [0.1, 0.15) is 5.82 Å². The average molecular weight is 339 g/mol. The molecule has 2 rings (SSSR count). The number of hydrogen-bond acceptors (Lipinski definition) is 3. The molecule has 5 heteroatoms. The number of rotatable bonds is 9. The fourth-order valence-electron chi connectivity index (χ4n) is 2.69. The van der Waals surface area contributed by atoms with Gasteiger partial charge in [-0.3, -0.25) is 4.79 Å². The number of hydrogen-bond donors (Lipinski definition) is 1. The number of amides is 1. The molecular formula is C18H26FNO2S. The lowest BCUT2D eigenvalue weighted by atomic mass is 9.98. The summed E-state index contributed by atoms with van der Waals surface area (Å²) in [5.74, 6) is 0.384. The molecule has 0 saturated heterocycles. The molecule has 0 spiro atoms.